The topological polar surface area (TPSA) is 55.1 Å². The Hall–Kier alpha value is -2.29. The highest BCUT2D eigenvalue weighted by molar-refractivity contribution is 6.06. The van der Waals surface area contributed by atoms with Crippen molar-refractivity contribution in [2.75, 3.05) is 11.1 Å². The van der Waals surface area contributed by atoms with Gasteiger partial charge < -0.3 is 11.1 Å². The van der Waals surface area contributed by atoms with Crippen molar-refractivity contribution in [1.82, 2.24) is 0 Å². The molecule has 2 aromatic rings. The summed E-state index contributed by atoms with van der Waals surface area (Å²) < 4.78 is 0. The van der Waals surface area contributed by atoms with Gasteiger partial charge in [-0.15, -0.1) is 0 Å². The molecule has 0 spiro atoms. The van der Waals surface area contributed by atoms with Crippen molar-refractivity contribution in [2.45, 2.75) is 33.1 Å². The minimum Gasteiger partial charge on any atom is -0.397 e. The predicted octanol–water partition coefficient (Wildman–Crippen LogP) is 3.63. The van der Waals surface area contributed by atoms with Crippen LogP contribution in [0, 0.1) is 13.8 Å². The van der Waals surface area contributed by atoms with E-state index in [-0.39, 0.29) is 5.91 Å². The quantitative estimate of drug-likeness (QED) is 0.825. The van der Waals surface area contributed by atoms with E-state index in [1.807, 2.05) is 38.1 Å². The van der Waals surface area contributed by atoms with Crippen molar-refractivity contribution in [3.05, 3.63) is 58.1 Å². The lowest BCUT2D eigenvalue weighted by molar-refractivity contribution is 0.102. The first-order chi connectivity index (χ1) is 10.0. The Morgan fingerprint density at radius 2 is 1.76 bits per heavy atom. The number of hydrogen-bond donors (Lipinski definition) is 2. The summed E-state index contributed by atoms with van der Waals surface area (Å²) in [5.41, 5.74) is 12.9. The molecule has 3 heteroatoms. The van der Waals surface area contributed by atoms with Crippen molar-refractivity contribution >= 4 is 17.3 Å². The van der Waals surface area contributed by atoms with Gasteiger partial charge in [0, 0.05) is 5.56 Å². The van der Waals surface area contributed by atoms with Crippen LogP contribution in [0.3, 0.4) is 0 Å². The van der Waals surface area contributed by atoms with Crippen molar-refractivity contribution in [3.63, 3.8) is 0 Å². The van der Waals surface area contributed by atoms with Crippen LogP contribution < -0.4 is 11.1 Å². The number of benzene rings is 2. The normalized spacial score (nSPS) is 13.0. The SMILES string of the molecule is Cc1cc(N)c(NC(=O)c2ccc3c(c2)CCC3)cc1C. The van der Waals surface area contributed by atoms with E-state index in [1.165, 1.54) is 17.5 Å². The van der Waals surface area contributed by atoms with E-state index in [2.05, 4.69) is 11.4 Å². The first kappa shape index (κ1) is 13.7. The molecule has 3 N–H and O–H groups in total. The number of carbonyl (C=O) groups is 1. The number of aryl methyl sites for hydroxylation is 4. The summed E-state index contributed by atoms with van der Waals surface area (Å²) in [4.78, 5) is 12.4. The number of anilines is 2. The number of carbonyl (C=O) groups excluding carboxylic acids is 1. The van der Waals surface area contributed by atoms with Crippen LogP contribution in [0.5, 0.6) is 0 Å². The van der Waals surface area contributed by atoms with Gasteiger partial charge in [-0.1, -0.05) is 6.07 Å². The highest BCUT2D eigenvalue weighted by Gasteiger charge is 2.15. The smallest absolute Gasteiger partial charge is 0.255 e. The fourth-order valence-electron chi connectivity index (χ4n) is 2.85. The standard InChI is InChI=1S/C18H20N2O/c1-11-8-16(19)17(9-12(11)2)20-18(21)15-7-6-13-4-3-5-14(13)10-15/h6-10H,3-5,19H2,1-2H3,(H,20,21). The molecule has 21 heavy (non-hydrogen) atoms. The van der Waals surface area contributed by atoms with Crippen molar-refractivity contribution in [1.29, 1.82) is 0 Å². The summed E-state index contributed by atoms with van der Waals surface area (Å²) >= 11 is 0. The van der Waals surface area contributed by atoms with E-state index < -0.39 is 0 Å². The highest BCUT2D eigenvalue weighted by atomic mass is 16.1. The summed E-state index contributed by atoms with van der Waals surface area (Å²) in [6, 6.07) is 9.80. The molecule has 0 aliphatic heterocycles. The maximum absolute atomic E-state index is 12.4. The summed E-state index contributed by atoms with van der Waals surface area (Å²) in [6.45, 7) is 4.03. The molecule has 1 amide bonds. The molecule has 0 aromatic heterocycles. The fraction of sp³-hybridized carbons (Fsp3) is 0.278. The predicted molar refractivity (Wildman–Crippen MR) is 86.7 cm³/mol. The van der Waals surface area contributed by atoms with Crippen LogP contribution in [0.1, 0.15) is 39.0 Å². The number of fused-ring (bicyclic) bond motifs is 1. The molecule has 1 aliphatic carbocycles. The van der Waals surface area contributed by atoms with Crippen LogP contribution in [0.4, 0.5) is 11.4 Å². The molecular weight excluding hydrogens is 260 g/mol. The number of nitrogens with one attached hydrogen (secondary N) is 1. The Morgan fingerprint density at radius 3 is 2.57 bits per heavy atom. The van der Waals surface area contributed by atoms with Gasteiger partial charge in [0.2, 0.25) is 0 Å². The molecule has 0 heterocycles. The first-order valence-electron chi connectivity index (χ1n) is 7.34. The van der Waals surface area contributed by atoms with Crippen LogP contribution in [-0.4, -0.2) is 5.91 Å². The van der Waals surface area contributed by atoms with Crippen molar-refractivity contribution in [3.8, 4) is 0 Å². The zero-order valence-electron chi connectivity index (χ0n) is 12.5. The van der Waals surface area contributed by atoms with Gasteiger partial charge in [0.1, 0.15) is 0 Å². The van der Waals surface area contributed by atoms with Crippen molar-refractivity contribution in [2.24, 2.45) is 0 Å². The lowest BCUT2D eigenvalue weighted by Gasteiger charge is -2.12. The summed E-state index contributed by atoms with van der Waals surface area (Å²) in [7, 11) is 0. The average Bonchev–Trinajstić information content (AvgIpc) is 2.92. The second-order valence-electron chi connectivity index (χ2n) is 5.81. The minimum absolute atomic E-state index is 0.0975. The average molecular weight is 280 g/mol. The second kappa shape index (κ2) is 5.24. The Balaban J connectivity index is 1.85. The third-order valence-corrected chi connectivity index (χ3v) is 4.27. The summed E-state index contributed by atoms with van der Waals surface area (Å²) in [5.74, 6) is -0.0975. The van der Waals surface area contributed by atoms with E-state index in [9.17, 15) is 4.79 Å². The lowest BCUT2D eigenvalue weighted by Crippen LogP contribution is -2.14. The van der Waals surface area contributed by atoms with Gasteiger partial charge in [0.05, 0.1) is 11.4 Å². The van der Waals surface area contributed by atoms with Gasteiger partial charge in [-0.05, 0) is 79.6 Å². The van der Waals surface area contributed by atoms with Gasteiger partial charge in [0.25, 0.3) is 5.91 Å². The Morgan fingerprint density at radius 1 is 1.05 bits per heavy atom. The van der Waals surface area contributed by atoms with Crippen LogP contribution in [-0.2, 0) is 12.8 Å². The third kappa shape index (κ3) is 2.64. The molecule has 3 rings (SSSR count). The molecule has 0 atom stereocenters. The first-order valence-corrected chi connectivity index (χ1v) is 7.34. The van der Waals surface area contributed by atoms with Gasteiger partial charge in [-0.25, -0.2) is 0 Å². The number of nitrogens with two attached hydrogens (primary N) is 1. The third-order valence-electron chi connectivity index (χ3n) is 4.27. The van der Waals surface area contributed by atoms with Crippen LogP contribution in [0.15, 0.2) is 30.3 Å². The molecule has 108 valence electrons. The molecular formula is C18H20N2O. The molecule has 0 saturated heterocycles. The summed E-state index contributed by atoms with van der Waals surface area (Å²) in [6.07, 6.45) is 3.38. The van der Waals surface area contributed by atoms with E-state index in [0.717, 1.165) is 24.0 Å². The van der Waals surface area contributed by atoms with Crippen LogP contribution in [0.25, 0.3) is 0 Å². The van der Waals surface area contributed by atoms with E-state index in [1.54, 1.807) is 0 Å². The largest absolute Gasteiger partial charge is 0.397 e. The Labute approximate surface area is 125 Å². The minimum atomic E-state index is -0.0975. The number of amides is 1. The lowest BCUT2D eigenvalue weighted by atomic mass is 10.1. The van der Waals surface area contributed by atoms with Gasteiger partial charge in [-0.2, -0.15) is 0 Å². The fourth-order valence-corrected chi connectivity index (χ4v) is 2.85. The second-order valence-corrected chi connectivity index (χ2v) is 5.81. The molecule has 0 unspecified atom stereocenters. The van der Waals surface area contributed by atoms with E-state index in [4.69, 9.17) is 5.73 Å². The Kier molecular flexibility index (Phi) is 3.42. The van der Waals surface area contributed by atoms with E-state index >= 15 is 0 Å². The molecule has 3 nitrogen and oxygen atoms in total. The monoisotopic (exact) mass is 280 g/mol. The molecule has 0 saturated carbocycles. The molecule has 1 aliphatic rings. The maximum atomic E-state index is 12.4. The maximum Gasteiger partial charge on any atom is 0.255 e. The zero-order chi connectivity index (χ0) is 15.0. The van der Waals surface area contributed by atoms with Gasteiger partial charge in [0.15, 0.2) is 0 Å². The van der Waals surface area contributed by atoms with Crippen LogP contribution in [0.2, 0.25) is 0 Å². The molecule has 0 bridgehead atoms. The summed E-state index contributed by atoms with van der Waals surface area (Å²) in [5, 5.41) is 2.92. The molecule has 2 aromatic carbocycles. The molecule has 0 radical (unpaired) electrons. The molecule has 0 fully saturated rings. The number of rotatable bonds is 2. The zero-order valence-corrected chi connectivity index (χ0v) is 12.5. The Bertz CT molecular complexity index is 719. The van der Waals surface area contributed by atoms with Gasteiger partial charge in [-0.3, -0.25) is 4.79 Å². The van der Waals surface area contributed by atoms with Crippen LogP contribution >= 0.6 is 0 Å². The number of nitrogen functional groups attached to an aromatic ring is 1. The highest BCUT2D eigenvalue weighted by Crippen LogP contribution is 2.25. The number of hydrogen-bond acceptors (Lipinski definition) is 2. The van der Waals surface area contributed by atoms with E-state index in [0.29, 0.717) is 16.9 Å². The van der Waals surface area contributed by atoms with Crippen molar-refractivity contribution < 1.29 is 4.79 Å². The van der Waals surface area contributed by atoms with Gasteiger partial charge >= 0.3 is 0 Å².